The third kappa shape index (κ3) is 2.13. The van der Waals surface area contributed by atoms with Gasteiger partial charge >= 0.3 is 0 Å². The Kier molecular flexibility index (Phi) is 3.76. The van der Waals surface area contributed by atoms with E-state index in [-0.39, 0.29) is 0 Å². The molecular weight excluding hydrogens is 220 g/mol. The number of hydrogen-bond donors (Lipinski definition) is 1. The topological polar surface area (TPSA) is 49.8 Å². The molecule has 0 unspecified atom stereocenters. The van der Waals surface area contributed by atoms with Crippen molar-refractivity contribution in [3.05, 3.63) is 71.8 Å². The Morgan fingerprint density at radius 1 is 0.889 bits per heavy atom. The van der Waals surface area contributed by atoms with E-state index in [9.17, 15) is 5.26 Å². The SMILES string of the molecule is N#CC(CCN)(c1ccccc1)c1ccccc1. The average Bonchev–Trinajstić information content (AvgIpc) is 2.47. The first kappa shape index (κ1) is 12.3. The minimum absolute atomic E-state index is 0.483. The van der Waals surface area contributed by atoms with E-state index in [0.717, 1.165) is 11.1 Å². The van der Waals surface area contributed by atoms with E-state index in [1.807, 2.05) is 60.7 Å². The van der Waals surface area contributed by atoms with Crippen molar-refractivity contribution in [1.29, 1.82) is 5.26 Å². The largest absolute Gasteiger partial charge is 0.330 e. The van der Waals surface area contributed by atoms with Crippen LogP contribution in [0.4, 0.5) is 0 Å². The maximum absolute atomic E-state index is 9.71. The van der Waals surface area contributed by atoms with Crippen molar-refractivity contribution >= 4 is 0 Å². The van der Waals surface area contributed by atoms with Gasteiger partial charge in [0.05, 0.1) is 6.07 Å². The van der Waals surface area contributed by atoms with Gasteiger partial charge in [0.1, 0.15) is 5.41 Å². The van der Waals surface area contributed by atoms with Crippen LogP contribution >= 0.6 is 0 Å². The van der Waals surface area contributed by atoms with Crippen molar-refractivity contribution in [2.24, 2.45) is 5.73 Å². The highest BCUT2D eigenvalue weighted by molar-refractivity contribution is 5.45. The Morgan fingerprint density at radius 2 is 1.33 bits per heavy atom. The molecule has 2 aromatic rings. The van der Waals surface area contributed by atoms with Gasteiger partial charge in [0, 0.05) is 0 Å². The average molecular weight is 236 g/mol. The molecule has 2 aromatic carbocycles. The van der Waals surface area contributed by atoms with Crippen molar-refractivity contribution in [3.63, 3.8) is 0 Å². The predicted octanol–water partition coefficient (Wildman–Crippen LogP) is 2.85. The number of rotatable bonds is 4. The molecule has 0 saturated heterocycles. The fraction of sp³-hybridized carbons (Fsp3) is 0.188. The Labute approximate surface area is 108 Å². The monoisotopic (exact) mass is 236 g/mol. The van der Waals surface area contributed by atoms with E-state index in [1.54, 1.807) is 0 Å². The lowest BCUT2D eigenvalue weighted by atomic mass is 9.73. The molecule has 0 amide bonds. The Hall–Kier alpha value is -2.11. The summed E-state index contributed by atoms with van der Waals surface area (Å²) < 4.78 is 0. The second-order valence-electron chi connectivity index (χ2n) is 4.29. The third-order valence-corrected chi connectivity index (χ3v) is 3.24. The maximum atomic E-state index is 9.71. The summed E-state index contributed by atoms with van der Waals surface area (Å²) in [5.41, 5.74) is 7.08. The van der Waals surface area contributed by atoms with Crippen LogP contribution in [0, 0.1) is 11.3 Å². The second kappa shape index (κ2) is 5.48. The molecule has 0 aliphatic carbocycles. The third-order valence-electron chi connectivity index (χ3n) is 3.24. The highest BCUT2D eigenvalue weighted by atomic mass is 14.5. The Bertz CT molecular complexity index is 487. The van der Waals surface area contributed by atoms with Gasteiger partial charge in [0.25, 0.3) is 0 Å². The zero-order valence-electron chi connectivity index (χ0n) is 10.2. The molecule has 2 heteroatoms. The molecule has 2 nitrogen and oxygen atoms in total. The van der Waals surface area contributed by atoms with E-state index in [4.69, 9.17) is 5.73 Å². The lowest BCUT2D eigenvalue weighted by Crippen LogP contribution is -2.29. The van der Waals surface area contributed by atoms with Gasteiger partial charge in [-0.25, -0.2) is 0 Å². The van der Waals surface area contributed by atoms with Crippen LogP contribution in [0.2, 0.25) is 0 Å². The lowest BCUT2D eigenvalue weighted by molar-refractivity contribution is 0.602. The van der Waals surface area contributed by atoms with Crippen LogP contribution in [0.25, 0.3) is 0 Å². The Balaban J connectivity index is 2.58. The van der Waals surface area contributed by atoms with Crippen molar-refractivity contribution in [1.82, 2.24) is 0 Å². The van der Waals surface area contributed by atoms with Gasteiger partial charge in [0.15, 0.2) is 0 Å². The molecule has 0 radical (unpaired) electrons. The normalized spacial score (nSPS) is 10.9. The summed E-state index contributed by atoms with van der Waals surface area (Å²) in [5, 5.41) is 9.71. The number of hydrogen-bond acceptors (Lipinski definition) is 2. The molecule has 2 rings (SSSR count). The first-order valence-corrected chi connectivity index (χ1v) is 6.06. The number of nitrogens with two attached hydrogens (primary N) is 1. The van der Waals surface area contributed by atoms with Crippen molar-refractivity contribution < 1.29 is 0 Å². The quantitative estimate of drug-likeness (QED) is 0.887. The van der Waals surface area contributed by atoms with E-state index >= 15 is 0 Å². The summed E-state index contributed by atoms with van der Waals surface area (Å²) in [6.45, 7) is 0.483. The van der Waals surface area contributed by atoms with E-state index in [0.29, 0.717) is 13.0 Å². The predicted molar refractivity (Wildman–Crippen MR) is 72.9 cm³/mol. The van der Waals surface area contributed by atoms with Crippen LogP contribution in [0.1, 0.15) is 17.5 Å². The zero-order valence-corrected chi connectivity index (χ0v) is 10.2. The number of benzene rings is 2. The molecule has 0 atom stereocenters. The summed E-state index contributed by atoms with van der Waals surface area (Å²) in [6.07, 6.45) is 0.623. The standard InChI is InChI=1S/C16H16N2/c17-12-11-16(13-18,14-7-3-1-4-8-14)15-9-5-2-6-10-15/h1-10H,11-12,17H2. The number of nitrogens with zero attached hydrogens (tertiary/aromatic N) is 1. The second-order valence-corrected chi connectivity index (χ2v) is 4.29. The highest BCUT2D eigenvalue weighted by Gasteiger charge is 2.33. The molecule has 90 valence electrons. The van der Waals surface area contributed by atoms with Gasteiger partial charge in [-0.2, -0.15) is 5.26 Å². The summed E-state index contributed by atoms with van der Waals surface area (Å²) in [5.74, 6) is 0. The van der Waals surface area contributed by atoms with Crippen LogP contribution in [-0.4, -0.2) is 6.54 Å². The fourth-order valence-corrected chi connectivity index (χ4v) is 2.30. The van der Waals surface area contributed by atoms with Crippen molar-refractivity contribution in [2.75, 3.05) is 6.54 Å². The van der Waals surface area contributed by atoms with Gasteiger partial charge in [0.2, 0.25) is 0 Å². The Morgan fingerprint density at radius 3 is 1.67 bits per heavy atom. The van der Waals surface area contributed by atoms with Crippen molar-refractivity contribution in [3.8, 4) is 6.07 Å². The first-order chi connectivity index (χ1) is 8.83. The van der Waals surface area contributed by atoms with Gasteiger partial charge in [-0.15, -0.1) is 0 Å². The molecule has 18 heavy (non-hydrogen) atoms. The summed E-state index contributed by atoms with van der Waals surface area (Å²) in [4.78, 5) is 0. The van der Waals surface area contributed by atoms with Gasteiger partial charge < -0.3 is 5.73 Å². The minimum Gasteiger partial charge on any atom is -0.330 e. The molecular formula is C16H16N2. The van der Waals surface area contributed by atoms with Gasteiger partial charge in [-0.1, -0.05) is 60.7 Å². The van der Waals surface area contributed by atoms with Crippen LogP contribution in [-0.2, 0) is 5.41 Å². The smallest absolute Gasteiger partial charge is 0.108 e. The van der Waals surface area contributed by atoms with E-state index < -0.39 is 5.41 Å². The summed E-state index contributed by atoms with van der Waals surface area (Å²) in [6, 6.07) is 22.2. The molecule has 0 aliphatic rings. The van der Waals surface area contributed by atoms with E-state index in [1.165, 1.54) is 0 Å². The summed E-state index contributed by atoms with van der Waals surface area (Å²) >= 11 is 0. The molecule has 0 aliphatic heterocycles. The molecule has 2 N–H and O–H groups in total. The number of nitriles is 1. The molecule has 0 fully saturated rings. The molecule has 0 aromatic heterocycles. The fourth-order valence-electron chi connectivity index (χ4n) is 2.30. The highest BCUT2D eigenvalue weighted by Crippen LogP contribution is 2.34. The van der Waals surface area contributed by atoms with Crippen LogP contribution in [0.5, 0.6) is 0 Å². The molecule has 0 heterocycles. The minimum atomic E-state index is -0.642. The van der Waals surface area contributed by atoms with Gasteiger partial charge in [-0.3, -0.25) is 0 Å². The summed E-state index contributed by atoms with van der Waals surface area (Å²) in [7, 11) is 0. The van der Waals surface area contributed by atoms with Gasteiger partial charge in [-0.05, 0) is 24.1 Å². The van der Waals surface area contributed by atoms with Crippen LogP contribution < -0.4 is 5.73 Å². The molecule has 0 spiro atoms. The lowest BCUT2D eigenvalue weighted by Gasteiger charge is -2.27. The maximum Gasteiger partial charge on any atom is 0.108 e. The first-order valence-electron chi connectivity index (χ1n) is 6.06. The van der Waals surface area contributed by atoms with E-state index in [2.05, 4.69) is 6.07 Å². The molecule has 0 bridgehead atoms. The van der Waals surface area contributed by atoms with Crippen molar-refractivity contribution in [2.45, 2.75) is 11.8 Å². The van der Waals surface area contributed by atoms with Crippen LogP contribution in [0.3, 0.4) is 0 Å². The zero-order chi connectivity index (χ0) is 12.8. The molecule has 0 saturated carbocycles. The van der Waals surface area contributed by atoms with Crippen LogP contribution in [0.15, 0.2) is 60.7 Å².